The molecule has 29 heavy (non-hydrogen) atoms. The van der Waals surface area contributed by atoms with Crippen molar-refractivity contribution in [3.05, 3.63) is 59.7 Å². The molecule has 0 spiro atoms. The Morgan fingerprint density at radius 3 is 2.55 bits per heavy atom. The molecule has 0 bridgehead atoms. The SMILES string of the molecule is Cl.Cl.Nc1ccc(C(=O)Nc2ccc(F)c(-c3nnc4n3CCCCC4)c2)cc1. The van der Waals surface area contributed by atoms with Crippen LogP contribution in [0.1, 0.15) is 35.4 Å². The number of benzene rings is 2. The lowest BCUT2D eigenvalue weighted by Gasteiger charge is -2.10. The topological polar surface area (TPSA) is 85.8 Å². The Bertz CT molecular complexity index is 991. The molecule has 1 aromatic heterocycles. The molecular formula is C20H22Cl2FN5O. The fourth-order valence-electron chi connectivity index (χ4n) is 3.30. The third-order valence-electron chi connectivity index (χ3n) is 4.75. The van der Waals surface area contributed by atoms with Crippen molar-refractivity contribution in [3.8, 4) is 11.4 Å². The number of nitrogen functional groups attached to an aromatic ring is 1. The van der Waals surface area contributed by atoms with E-state index in [4.69, 9.17) is 5.73 Å². The van der Waals surface area contributed by atoms with E-state index in [9.17, 15) is 9.18 Å². The number of rotatable bonds is 3. The first kappa shape index (κ1) is 22.6. The number of halogens is 3. The van der Waals surface area contributed by atoms with Crippen molar-refractivity contribution in [2.75, 3.05) is 11.1 Å². The first-order valence-electron chi connectivity index (χ1n) is 9.01. The second-order valence-corrected chi connectivity index (χ2v) is 6.67. The van der Waals surface area contributed by atoms with Gasteiger partial charge in [0.15, 0.2) is 5.82 Å². The zero-order valence-corrected chi connectivity index (χ0v) is 17.2. The number of hydrogen-bond donors (Lipinski definition) is 2. The quantitative estimate of drug-likeness (QED) is 0.590. The molecule has 4 rings (SSSR count). The average molecular weight is 438 g/mol. The number of anilines is 2. The molecule has 1 aliphatic heterocycles. The minimum absolute atomic E-state index is 0. The summed E-state index contributed by atoms with van der Waals surface area (Å²) in [6.07, 6.45) is 4.07. The predicted octanol–water partition coefficient (Wildman–Crippen LogP) is 4.49. The molecule has 6 nitrogen and oxygen atoms in total. The van der Waals surface area contributed by atoms with Gasteiger partial charge in [-0.3, -0.25) is 4.79 Å². The smallest absolute Gasteiger partial charge is 0.255 e. The van der Waals surface area contributed by atoms with Crippen molar-refractivity contribution in [1.29, 1.82) is 0 Å². The Labute approximate surface area is 180 Å². The molecule has 0 fully saturated rings. The summed E-state index contributed by atoms with van der Waals surface area (Å²) in [4.78, 5) is 12.4. The molecule has 1 aliphatic rings. The lowest BCUT2D eigenvalue weighted by Crippen LogP contribution is -2.12. The summed E-state index contributed by atoms with van der Waals surface area (Å²) < 4.78 is 16.5. The number of nitrogens with one attached hydrogen (secondary N) is 1. The van der Waals surface area contributed by atoms with Crippen LogP contribution >= 0.6 is 24.8 Å². The van der Waals surface area contributed by atoms with Gasteiger partial charge in [-0.1, -0.05) is 6.42 Å². The maximum Gasteiger partial charge on any atom is 0.255 e. The molecule has 0 aliphatic carbocycles. The Morgan fingerprint density at radius 1 is 1.03 bits per heavy atom. The molecule has 3 N–H and O–H groups in total. The first-order valence-corrected chi connectivity index (χ1v) is 9.01. The number of amides is 1. The Morgan fingerprint density at radius 2 is 1.79 bits per heavy atom. The second-order valence-electron chi connectivity index (χ2n) is 6.67. The molecule has 0 unspecified atom stereocenters. The van der Waals surface area contributed by atoms with E-state index in [1.54, 1.807) is 30.3 Å². The number of carbonyl (C=O) groups excluding carboxylic acids is 1. The van der Waals surface area contributed by atoms with Crippen molar-refractivity contribution >= 4 is 42.1 Å². The molecule has 0 saturated carbocycles. The monoisotopic (exact) mass is 437 g/mol. The molecule has 2 aromatic carbocycles. The van der Waals surface area contributed by atoms with Gasteiger partial charge in [-0.25, -0.2) is 4.39 Å². The number of fused-ring (bicyclic) bond motifs is 1. The van der Waals surface area contributed by atoms with E-state index < -0.39 is 0 Å². The highest BCUT2D eigenvalue weighted by Gasteiger charge is 2.19. The lowest BCUT2D eigenvalue weighted by atomic mass is 10.1. The Balaban J connectivity index is 0.00000150. The third kappa shape index (κ3) is 4.86. The molecule has 1 amide bonds. The van der Waals surface area contributed by atoms with Crippen LogP contribution in [0.3, 0.4) is 0 Å². The van der Waals surface area contributed by atoms with Gasteiger partial charge in [0.25, 0.3) is 5.91 Å². The zero-order valence-electron chi connectivity index (χ0n) is 15.6. The third-order valence-corrected chi connectivity index (χ3v) is 4.75. The van der Waals surface area contributed by atoms with Crippen LogP contribution in [0, 0.1) is 5.82 Å². The highest BCUT2D eigenvalue weighted by atomic mass is 35.5. The molecule has 154 valence electrons. The van der Waals surface area contributed by atoms with Gasteiger partial charge in [0, 0.05) is 29.9 Å². The van der Waals surface area contributed by atoms with Gasteiger partial charge in [-0.2, -0.15) is 0 Å². The van der Waals surface area contributed by atoms with Crippen molar-refractivity contribution in [2.45, 2.75) is 32.2 Å². The van der Waals surface area contributed by atoms with E-state index in [-0.39, 0.29) is 36.5 Å². The van der Waals surface area contributed by atoms with Crippen LogP contribution in [0.25, 0.3) is 11.4 Å². The highest BCUT2D eigenvalue weighted by molar-refractivity contribution is 6.04. The van der Waals surface area contributed by atoms with Gasteiger partial charge in [0.05, 0.1) is 5.56 Å². The van der Waals surface area contributed by atoms with Crippen LogP contribution < -0.4 is 11.1 Å². The van der Waals surface area contributed by atoms with E-state index in [0.717, 1.165) is 38.1 Å². The van der Waals surface area contributed by atoms with Gasteiger partial charge in [-0.15, -0.1) is 35.0 Å². The van der Waals surface area contributed by atoms with Crippen molar-refractivity contribution < 1.29 is 9.18 Å². The van der Waals surface area contributed by atoms with Crippen molar-refractivity contribution in [3.63, 3.8) is 0 Å². The zero-order chi connectivity index (χ0) is 18.8. The van der Waals surface area contributed by atoms with Gasteiger partial charge in [0.1, 0.15) is 11.6 Å². The summed E-state index contributed by atoms with van der Waals surface area (Å²) >= 11 is 0. The number of hydrogen-bond acceptors (Lipinski definition) is 4. The fraction of sp³-hybridized carbons (Fsp3) is 0.250. The van der Waals surface area contributed by atoms with Crippen LogP contribution in [0.4, 0.5) is 15.8 Å². The minimum Gasteiger partial charge on any atom is -0.399 e. The van der Waals surface area contributed by atoms with Gasteiger partial charge >= 0.3 is 0 Å². The summed E-state index contributed by atoms with van der Waals surface area (Å²) in [7, 11) is 0. The second kappa shape index (κ2) is 9.71. The molecule has 9 heteroatoms. The van der Waals surface area contributed by atoms with E-state index in [0.29, 0.717) is 28.3 Å². The summed E-state index contributed by atoms with van der Waals surface area (Å²) in [6, 6.07) is 11.1. The molecule has 3 aromatic rings. The summed E-state index contributed by atoms with van der Waals surface area (Å²) in [5, 5.41) is 11.2. The average Bonchev–Trinajstić information content (AvgIpc) is 2.91. The van der Waals surface area contributed by atoms with Crippen LogP contribution in [0.5, 0.6) is 0 Å². The van der Waals surface area contributed by atoms with Crippen molar-refractivity contribution in [1.82, 2.24) is 14.8 Å². The Hall–Kier alpha value is -2.64. The number of nitrogens with two attached hydrogens (primary N) is 1. The van der Waals surface area contributed by atoms with Crippen molar-refractivity contribution in [2.24, 2.45) is 0 Å². The van der Waals surface area contributed by atoms with Crippen LogP contribution in [0.15, 0.2) is 42.5 Å². The highest BCUT2D eigenvalue weighted by Crippen LogP contribution is 2.27. The molecule has 0 atom stereocenters. The van der Waals surface area contributed by atoms with Gasteiger partial charge in [0.2, 0.25) is 0 Å². The molecule has 2 heterocycles. The van der Waals surface area contributed by atoms with Crippen LogP contribution in [-0.4, -0.2) is 20.7 Å². The summed E-state index contributed by atoms with van der Waals surface area (Å²) in [6.45, 7) is 0.777. The fourth-order valence-corrected chi connectivity index (χ4v) is 3.30. The molecule has 0 radical (unpaired) electrons. The van der Waals surface area contributed by atoms with Crippen LogP contribution in [0.2, 0.25) is 0 Å². The standard InChI is InChI=1S/C20H20FN5O.2ClH/c21-17-10-9-15(23-20(27)13-5-7-14(22)8-6-13)12-16(17)19-25-24-18-4-2-1-3-11-26(18)19;;/h5-10,12H,1-4,11,22H2,(H,23,27);2*1H. The van der Waals surface area contributed by atoms with Gasteiger partial charge in [-0.05, 0) is 55.3 Å². The molecule has 0 saturated heterocycles. The normalized spacial score (nSPS) is 12.7. The van der Waals surface area contributed by atoms with Crippen LogP contribution in [-0.2, 0) is 13.0 Å². The number of aryl methyl sites for hydroxylation is 1. The summed E-state index contributed by atoms with van der Waals surface area (Å²) in [5.41, 5.74) is 7.55. The molecular weight excluding hydrogens is 416 g/mol. The maximum absolute atomic E-state index is 14.5. The Kier molecular flexibility index (Phi) is 7.59. The van der Waals surface area contributed by atoms with Gasteiger partial charge < -0.3 is 15.6 Å². The number of aromatic nitrogens is 3. The van der Waals surface area contributed by atoms with E-state index in [1.165, 1.54) is 12.1 Å². The van der Waals surface area contributed by atoms with E-state index in [1.807, 2.05) is 4.57 Å². The van der Waals surface area contributed by atoms with E-state index >= 15 is 0 Å². The summed E-state index contributed by atoms with van der Waals surface area (Å²) in [5.74, 6) is 0.721. The predicted molar refractivity (Wildman–Crippen MR) is 116 cm³/mol. The number of nitrogens with zero attached hydrogens (tertiary/aromatic N) is 3. The minimum atomic E-state index is -0.389. The lowest BCUT2D eigenvalue weighted by molar-refractivity contribution is 0.102. The number of carbonyl (C=O) groups is 1. The maximum atomic E-state index is 14.5. The first-order chi connectivity index (χ1) is 13.1. The van der Waals surface area contributed by atoms with E-state index in [2.05, 4.69) is 15.5 Å². The largest absolute Gasteiger partial charge is 0.399 e.